The number of nitrogens with one attached hydrogen (secondary N) is 1. The van der Waals surface area contributed by atoms with E-state index in [4.69, 9.17) is 17.3 Å². The van der Waals surface area contributed by atoms with Crippen molar-refractivity contribution in [1.29, 1.82) is 0 Å². The summed E-state index contributed by atoms with van der Waals surface area (Å²) < 4.78 is 0. The van der Waals surface area contributed by atoms with E-state index in [0.29, 0.717) is 31.9 Å². The van der Waals surface area contributed by atoms with Gasteiger partial charge in [-0.1, -0.05) is 17.7 Å². The molecule has 2 aromatic rings. The summed E-state index contributed by atoms with van der Waals surface area (Å²) in [4.78, 5) is 28.6. The fourth-order valence-corrected chi connectivity index (χ4v) is 2.84. The number of aromatic nitrogens is 3. The van der Waals surface area contributed by atoms with Gasteiger partial charge in [0.1, 0.15) is 28.8 Å². The number of nitrogens with zero attached hydrogens (tertiary/aromatic N) is 5. The summed E-state index contributed by atoms with van der Waals surface area (Å²) in [6, 6.07) is 5.85. The summed E-state index contributed by atoms with van der Waals surface area (Å²) in [7, 11) is 0. The SMILES string of the molecule is Nc1ncnc(NCCC(=O)N2CCN(c3ccccn3)CC2)c1Cl. The van der Waals surface area contributed by atoms with Crippen LogP contribution in [0.15, 0.2) is 30.7 Å². The molecular formula is C16H20ClN7O. The molecular weight excluding hydrogens is 342 g/mol. The second kappa shape index (κ2) is 7.98. The number of pyridine rings is 1. The number of nitrogens with two attached hydrogens (primary N) is 1. The van der Waals surface area contributed by atoms with Crippen LogP contribution >= 0.6 is 11.6 Å². The van der Waals surface area contributed by atoms with Gasteiger partial charge in [-0.3, -0.25) is 4.79 Å². The van der Waals surface area contributed by atoms with Crippen LogP contribution in [0.4, 0.5) is 17.5 Å². The normalized spacial score (nSPS) is 14.4. The number of anilines is 3. The minimum Gasteiger partial charge on any atom is -0.382 e. The van der Waals surface area contributed by atoms with E-state index in [2.05, 4.69) is 25.2 Å². The van der Waals surface area contributed by atoms with Gasteiger partial charge in [0.15, 0.2) is 0 Å². The maximum absolute atomic E-state index is 12.3. The molecule has 1 aliphatic heterocycles. The standard InChI is InChI=1S/C16H20ClN7O/c17-14-15(18)21-11-22-16(14)20-6-4-13(25)24-9-7-23(8-10-24)12-3-1-2-5-19-12/h1-3,5,11H,4,6-10H2,(H3,18,20,21,22). The number of rotatable bonds is 5. The quantitative estimate of drug-likeness (QED) is 0.826. The number of carbonyl (C=O) groups is 1. The zero-order valence-electron chi connectivity index (χ0n) is 13.7. The molecule has 0 spiro atoms. The van der Waals surface area contributed by atoms with Crippen LogP contribution in [0.3, 0.4) is 0 Å². The summed E-state index contributed by atoms with van der Waals surface area (Å²) in [6.07, 6.45) is 3.48. The van der Waals surface area contributed by atoms with Crippen LogP contribution in [0.1, 0.15) is 6.42 Å². The molecule has 1 saturated heterocycles. The maximum Gasteiger partial charge on any atom is 0.224 e. The zero-order chi connectivity index (χ0) is 17.6. The van der Waals surface area contributed by atoms with Crippen molar-refractivity contribution in [1.82, 2.24) is 19.9 Å². The number of piperazine rings is 1. The van der Waals surface area contributed by atoms with Crippen molar-refractivity contribution in [2.24, 2.45) is 0 Å². The van der Waals surface area contributed by atoms with Crippen LogP contribution in [0.2, 0.25) is 5.02 Å². The van der Waals surface area contributed by atoms with Crippen molar-refractivity contribution in [3.05, 3.63) is 35.7 Å². The van der Waals surface area contributed by atoms with E-state index in [1.807, 2.05) is 23.1 Å². The molecule has 0 atom stereocenters. The largest absolute Gasteiger partial charge is 0.382 e. The Bertz CT molecular complexity index is 720. The first-order valence-electron chi connectivity index (χ1n) is 8.09. The molecule has 1 fully saturated rings. The van der Waals surface area contributed by atoms with Crippen LogP contribution in [-0.2, 0) is 4.79 Å². The summed E-state index contributed by atoms with van der Waals surface area (Å²) in [5.74, 6) is 1.72. The van der Waals surface area contributed by atoms with E-state index >= 15 is 0 Å². The summed E-state index contributed by atoms with van der Waals surface area (Å²) in [5, 5.41) is 3.30. The molecule has 0 radical (unpaired) electrons. The summed E-state index contributed by atoms with van der Waals surface area (Å²) in [5.41, 5.74) is 5.62. The third kappa shape index (κ3) is 4.27. The van der Waals surface area contributed by atoms with Crippen LogP contribution in [0.25, 0.3) is 0 Å². The lowest BCUT2D eigenvalue weighted by Gasteiger charge is -2.35. The molecule has 8 nitrogen and oxygen atoms in total. The Morgan fingerprint density at radius 2 is 2.00 bits per heavy atom. The average molecular weight is 362 g/mol. The van der Waals surface area contributed by atoms with Gasteiger partial charge in [-0.25, -0.2) is 15.0 Å². The molecule has 0 aromatic carbocycles. The van der Waals surface area contributed by atoms with Gasteiger partial charge in [-0.15, -0.1) is 0 Å². The van der Waals surface area contributed by atoms with Gasteiger partial charge in [0, 0.05) is 45.3 Å². The molecule has 3 rings (SSSR count). The fraction of sp³-hybridized carbons (Fsp3) is 0.375. The average Bonchev–Trinajstić information content (AvgIpc) is 2.66. The number of hydrogen-bond acceptors (Lipinski definition) is 7. The van der Waals surface area contributed by atoms with Gasteiger partial charge in [0.2, 0.25) is 5.91 Å². The number of amides is 1. The van der Waals surface area contributed by atoms with E-state index in [-0.39, 0.29) is 16.7 Å². The number of nitrogen functional groups attached to an aromatic ring is 1. The van der Waals surface area contributed by atoms with Gasteiger partial charge in [0.25, 0.3) is 0 Å². The van der Waals surface area contributed by atoms with E-state index < -0.39 is 0 Å². The third-order valence-electron chi connectivity index (χ3n) is 4.05. The monoisotopic (exact) mass is 361 g/mol. The first-order chi connectivity index (χ1) is 12.1. The molecule has 0 saturated carbocycles. The van der Waals surface area contributed by atoms with Crippen molar-refractivity contribution in [3.8, 4) is 0 Å². The lowest BCUT2D eigenvalue weighted by Crippen LogP contribution is -2.49. The molecule has 3 N–H and O–H groups in total. The van der Waals surface area contributed by atoms with E-state index in [1.54, 1.807) is 6.20 Å². The topological polar surface area (TPSA) is 100 Å². The highest BCUT2D eigenvalue weighted by molar-refractivity contribution is 6.35. The number of halogens is 1. The Kier molecular flexibility index (Phi) is 5.49. The number of hydrogen-bond donors (Lipinski definition) is 2. The highest BCUT2D eigenvalue weighted by atomic mass is 35.5. The predicted octanol–water partition coefficient (Wildman–Crippen LogP) is 1.26. The Balaban J connectivity index is 1.44. The highest BCUT2D eigenvalue weighted by Crippen LogP contribution is 2.23. The van der Waals surface area contributed by atoms with Gasteiger partial charge in [0.05, 0.1) is 0 Å². The minimum absolute atomic E-state index is 0.103. The second-order valence-corrected chi connectivity index (χ2v) is 6.03. The highest BCUT2D eigenvalue weighted by Gasteiger charge is 2.21. The predicted molar refractivity (Wildman–Crippen MR) is 97.6 cm³/mol. The molecule has 2 aromatic heterocycles. The Labute approximate surface area is 151 Å². The molecule has 25 heavy (non-hydrogen) atoms. The maximum atomic E-state index is 12.3. The van der Waals surface area contributed by atoms with Gasteiger partial charge >= 0.3 is 0 Å². The Morgan fingerprint density at radius 1 is 1.20 bits per heavy atom. The van der Waals surface area contributed by atoms with Gasteiger partial charge < -0.3 is 20.9 Å². The third-order valence-corrected chi connectivity index (χ3v) is 4.43. The van der Waals surface area contributed by atoms with E-state index in [1.165, 1.54) is 6.33 Å². The van der Waals surface area contributed by atoms with Crippen molar-refractivity contribution in [2.45, 2.75) is 6.42 Å². The first kappa shape index (κ1) is 17.2. The van der Waals surface area contributed by atoms with Gasteiger partial charge in [-0.05, 0) is 12.1 Å². The van der Waals surface area contributed by atoms with Crippen LogP contribution < -0.4 is 16.0 Å². The molecule has 1 amide bonds. The molecule has 0 unspecified atom stereocenters. The first-order valence-corrected chi connectivity index (χ1v) is 8.46. The molecule has 0 bridgehead atoms. The van der Waals surface area contributed by atoms with Gasteiger partial charge in [-0.2, -0.15) is 0 Å². The summed E-state index contributed by atoms with van der Waals surface area (Å²) >= 11 is 6.01. The number of carbonyl (C=O) groups excluding carboxylic acids is 1. The van der Waals surface area contributed by atoms with E-state index in [9.17, 15) is 4.79 Å². The van der Waals surface area contributed by atoms with Crippen molar-refractivity contribution in [2.75, 3.05) is 48.7 Å². The van der Waals surface area contributed by atoms with Crippen LogP contribution in [0.5, 0.6) is 0 Å². The van der Waals surface area contributed by atoms with Crippen molar-refractivity contribution >= 4 is 35.0 Å². The molecule has 1 aliphatic rings. The minimum atomic E-state index is 0.103. The Morgan fingerprint density at radius 3 is 2.72 bits per heavy atom. The summed E-state index contributed by atoms with van der Waals surface area (Å²) in [6.45, 7) is 3.39. The van der Waals surface area contributed by atoms with Crippen LogP contribution in [-0.4, -0.2) is 58.5 Å². The van der Waals surface area contributed by atoms with E-state index in [0.717, 1.165) is 18.9 Å². The Hall–Kier alpha value is -2.61. The lowest BCUT2D eigenvalue weighted by molar-refractivity contribution is -0.131. The van der Waals surface area contributed by atoms with Crippen molar-refractivity contribution in [3.63, 3.8) is 0 Å². The smallest absolute Gasteiger partial charge is 0.224 e. The van der Waals surface area contributed by atoms with Crippen molar-refractivity contribution < 1.29 is 4.79 Å². The lowest BCUT2D eigenvalue weighted by atomic mass is 10.2. The molecule has 0 aliphatic carbocycles. The fourth-order valence-electron chi connectivity index (χ4n) is 2.68. The zero-order valence-corrected chi connectivity index (χ0v) is 14.5. The molecule has 132 valence electrons. The second-order valence-electron chi connectivity index (χ2n) is 5.65. The molecule has 9 heteroatoms. The molecule has 3 heterocycles. The van der Waals surface area contributed by atoms with Crippen LogP contribution in [0, 0.1) is 0 Å².